The van der Waals surface area contributed by atoms with Crippen LogP contribution in [0.5, 0.6) is 5.75 Å². The molecule has 0 fully saturated rings. The molecule has 166 valence electrons. The number of pyridine rings is 1. The summed E-state index contributed by atoms with van der Waals surface area (Å²) in [7, 11) is 0. The molecule has 0 saturated heterocycles. The van der Waals surface area contributed by atoms with Gasteiger partial charge in [-0.2, -0.15) is 0 Å². The molecule has 1 aliphatic rings. The number of aromatic hydroxyl groups is 1. The molecular weight excluding hydrogens is 591 g/mol. The van der Waals surface area contributed by atoms with Crippen LogP contribution in [0.1, 0.15) is 24.0 Å². The van der Waals surface area contributed by atoms with Crippen LogP contribution in [0.4, 0.5) is 0 Å². The van der Waals surface area contributed by atoms with Crippen molar-refractivity contribution in [2.24, 2.45) is 0 Å². The van der Waals surface area contributed by atoms with Gasteiger partial charge in [-0.1, -0.05) is 41.0 Å². The number of nitrogens with zero attached hydrogens (tertiary/aromatic N) is 2. The van der Waals surface area contributed by atoms with Crippen LogP contribution in [0, 0.1) is 6.07 Å². The van der Waals surface area contributed by atoms with Crippen LogP contribution in [0.25, 0.3) is 44.9 Å². The SMILES string of the molecule is Oc1ccccc1-c1nc2c(-c3[c-]c(-c4nccc5c4CCCC5)ccc3)cccc2o1.[Pt]. The number of phenolic OH excluding ortho intramolecular Hbond substituents is 1. The molecule has 0 saturated carbocycles. The predicted molar refractivity (Wildman–Crippen MR) is 125 cm³/mol. The molecule has 4 nitrogen and oxygen atoms in total. The molecule has 0 radical (unpaired) electrons. The largest absolute Gasteiger partial charge is 0.507 e. The van der Waals surface area contributed by atoms with Crippen LogP contribution in [0.15, 0.2) is 77.3 Å². The minimum absolute atomic E-state index is 0. The van der Waals surface area contributed by atoms with Crippen molar-refractivity contribution in [3.8, 4) is 39.6 Å². The first-order valence-electron chi connectivity index (χ1n) is 11.0. The minimum atomic E-state index is 0. The number of hydrogen-bond acceptors (Lipinski definition) is 4. The topological polar surface area (TPSA) is 59.2 Å². The fourth-order valence-electron chi connectivity index (χ4n) is 4.59. The molecular formula is C28H21N2O2Pt-. The molecule has 3 aromatic carbocycles. The van der Waals surface area contributed by atoms with Crippen LogP contribution in [0.2, 0.25) is 0 Å². The maximum Gasteiger partial charge on any atom is 0.230 e. The molecule has 0 spiro atoms. The fourth-order valence-corrected chi connectivity index (χ4v) is 4.59. The second kappa shape index (κ2) is 8.96. The van der Waals surface area contributed by atoms with Gasteiger partial charge in [-0.15, -0.1) is 29.8 Å². The number of phenols is 1. The van der Waals surface area contributed by atoms with Crippen LogP contribution >= 0.6 is 0 Å². The number of hydrogen-bond donors (Lipinski definition) is 1. The van der Waals surface area contributed by atoms with E-state index in [1.54, 1.807) is 18.2 Å². The fraction of sp³-hybridized carbons (Fsp3) is 0.143. The van der Waals surface area contributed by atoms with E-state index in [1.807, 2.05) is 42.6 Å². The maximum atomic E-state index is 10.2. The van der Waals surface area contributed by atoms with Gasteiger partial charge in [0.1, 0.15) is 11.3 Å². The number of rotatable bonds is 3. The van der Waals surface area contributed by atoms with Crippen LogP contribution in [-0.4, -0.2) is 15.1 Å². The van der Waals surface area contributed by atoms with Gasteiger partial charge in [0.15, 0.2) is 0 Å². The minimum Gasteiger partial charge on any atom is -0.507 e. The molecule has 5 heteroatoms. The zero-order valence-corrected chi connectivity index (χ0v) is 20.1. The van der Waals surface area contributed by atoms with Crippen molar-refractivity contribution in [1.29, 1.82) is 0 Å². The van der Waals surface area contributed by atoms with E-state index in [4.69, 9.17) is 14.4 Å². The molecule has 1 N–H and O–H groups in total. The van der Waals surface area contributed by atoms with Gasteiger partial charge in [0.05, 0.1) is 11.1 Å². The van der Waals surface area contributed by atoms with Gasteiger partial charge in [-0.25, -0.2) is 4.98 Å². The molecule has 0 atom stereocenters. The summed E-state index contributed by atoms with van der Waals surface area (Å²) in [5, 5.41) is 10.2. The van der Waals surface area contributed by atoms with Gasteiger partial charge in [0.2, 0.25) is 5.89 Å². The number of aryl methyl sites for hydroxylation is 1. The van der Waals surface area contributed by atoms with Crippen molar-refractivity contribution < 1.29 is 30.6 Å². The Morgan fingerprint density at radius 2 is 1.61 bits per heavy atom. The smallest absolute Gasteiger partial charge is 0.230 e. The molecule has 33 heavy (non-hydrogen) atoms. The summed E-state index contributed by atoms with van der Waals surface area (Å²) in [4.78, 5) is 9.45. The number of benzene rings is 3. The number of fused-ring (bicyclic) bond motifs is 2. The van der Waals surface area contributed by atoms with Gasteiger partial charge in [-0.3, -0.25) is 4.98 Å². The van der Waals surface area contributed by atoms with E-state index < -0.39 is 0 Å². The first-order valence-corrected chi connectivity index (χ1v) is 11.0. The van der Waals surface area contributed by atoms with Crippen molar-refractivity contribution in [2.75, 3.05) is 0 Å². The summed E-state index contributed by atoms with van der Waals surface area (Å²) in [6, 6.07) is 24.9. The third-order valence-electron chi connectivity index (χ3n) is 6.17. The zero-order chi connectivity index (χ0) is 21.5. The molecule has 5 aromatic rings. The Morgan fingerprint density at radius 3 is 2.52 bits per heavy atom. The van der Waals surface area contributed by atoms with Gasteiger partial charge in [0, 0.05) is 33.0 Å². The zero-order valence-electron chi connectivity index (χ0n) is 17.8. The summed E-state index contributed by atoms with van der Waals surface area (Å²) in [6.45, 7) is 0. The van der Waals surface area contributed by atoms with Gasteiger partial charge in [0.25, 0.3) is 0 Å². The standard InChI is InChI=1S/C28H21N2O2.Pt/c31-24-13-4-3-11-23(24)28-30-27-22(12-6-14-25(27)32-28)19-8-5-9-20(17-19)26-21-10-2-1-7-18(21)15-16-29-26;/h3-6,8-9,11-16,31H,1-2,7,10H2;/q-1;. The second-order valence-corrected chi connectivity index (χ2v) is 8.17. The Hall–Kier alpha value is -3.23. The van der Waals surface area contributed by atoms with Gasteiger partial charge in [-0.05, 0) is 55.5 Å². The molecule has 1 aliphatic carbocycles. The maximum absolute atomic E-state index is 10.2. The Bertz CT molecular complexity index is 1460. The molecule has 0 unspecified atom stereocenters. The molecule has 2 heterocycles. The monoisotopic (exact) mass is 612 g/mol. The normalized spacial score (nSPS) is 12.8. The molecule has 0 aliphatic heterocycles. The summed E-state index contributed by atoms with van der Waals surface area (Å²) < 4.78 is 5.99. The van der Waals surface area contributed by atoms with Crippen LogP contribution < -0.4 is 0 Å². The van der Waals surface area contributed by atoms with E-state index in [1.165, 1.54) is 24.0 Å². The van der Waals surface area contributed by atoms with E-state index >= 15 is 0 Å². The first-order chi connectivity index (χ1) is 15.8. The average molecular weight is 613 g/mol. The quantitative estimate of drug-likeness (QED) is 0.233. The molecule has 0 amide bonds. The average Bonchev–Trinajstić information content (AvgIpc) is 3.28. The van der Waals surface area contributed by atoms with Gasteiger partial charge >= 0.3 is 0 Å². The summed E-state index contributed by atoms with van der Waals surface area (Å²) >= 11 is 0. The van der Waals surface area contributed by atoms with Crippen LogP contribution in [-0.2, 0) is 33.9 Å². The van der Waals surface area contributed by atoms with Crippen molar-refractivity contribution >= 4 is 11.1 Å². The summed E-state index contributed by atoms with van der Waals surface area (Å²) in [5.41, 5.74) is 8.69. The Labute approximate surface area is 206 Å². The van der Waals surface area contributed by atoms with Crippen molar-refractivity contribution in [3.05, 3.63) is 90.1 Å². The Kier molecular flexibility index (Phi) is 5.86. The second-order valence-electron chi connectivity index (χ2n) is 8.17. The van der Waals surface area contributed by atoms with Crippen molar-refractivity contribution in [1.82, 2.24) is 9.97 Å². The summed E-state index contributed by atoms with van der Waals surface area (Å²) in [6.07, 6.45) is 6.56. The third-order valence-corrected chi connectivity index (χ3v) is 6.17. The van der Waals surface area contributed by atoms with Gasteiger partial charge < -0.3 is 9.52 Å². The van der Waals surface area contributed by atoms with E-state index in [2.05, 4.69) is 18.2 Å². The number of aromatic nitrogens is 2. The third kappa shape index (κ3) is 3.89. The first kappa shape index (κ1) is 21.6. The Balaban J connectivity index is 0.00000228. The summed E-state index contributed by atoms with van der Waals surface area (Å²) in [5.74, 6) is 0.551. The number of para-hydroxylation sites is 2. The van der Waals surface area contributed by atoms with E-state index in [0.29, 0.717) is 17.0 Å². The van der Waals surface area contributed by atoms with E-state index in [0.717, 1.165) is 40.7 Å². The van der Waals surface area contributed by atoms with Crippen LogP contribution in [0.3, 0.4) is 0 Å². The molecule has 6 rings (SSSR count). The van der Waals surface area contributed by atoms with E-state index in [-0.39, 0.29) is 26.8 Å². The van der Waals surface area contributed by atoms with Crippen molar-refractivity contribution in [2.45, 2.75) is 25.7 Å². The van der Waals surface area contributed by atoms with Crippen molar-refractivity contribution in [3.63, 3.8) is 0 Å². The van der Waals surface area contributed by atoms with E-state index in [9.17, 15) is 5.11 Å². The molecule has 2 aromatic heterocycles. The Morgan fingerprint density at radius 1 is 0.818 bits per heavy atom. The number of oxazole rings is 1. The predicted octanol–water partition coefficient (Wildman–Crippen LogP) is 6.61. The molecule has 0 bridgehead atoms.